The van der Waals surface area contributed by atoms with Crippen LogP contribution in [0.1, 0.15) is 24.5 Å². The highest BCUT2D eigenvalue weighted by molar-refractivity contribution is 6.03. The summed E-state index contributed by atoms with van der Waals surface area (Å²) < 4.78 is 0. The van der Waals surface area contributed by atoms with Gasteiger partial charge in [0.2, 0.25) is 0 Å². The SMILES string of the molecule is CC/C(=N\Nc1ccccn1)c1cc(C)ccc1O. The summed E-state index contributed by atoms with van der Waals surface area (Å²) in [5, 5.41) is 14.2. The van der Waals surface area contributed by atoms with Gasteiger partial charge in [-0.05, 0) is 37.6 Å². The third-order valence-corrected chi connectivity index (χ3v) is 2.77. The van der Waals surface area contributed by atoms with Crippen LogP contribution < -0.4 is 5.43 Å². The molecule has 19 heavy (non-hydrogen) atoms. The second-order valence-corrected chi connectivity index (χ2v) is 4.26. The van der Waals surface area contributed by atoms with Gasteiger partial charge in [-0.2, -0.15) is 5.10 Å². The van der Waals surface area contributed by atoms with E-state index in [2.05, 4.69) is 15.5 Å². The Balaban J connectivity index is 2.26. The minimum absolute atomic E-state index is 0.244. The third-order valence-electron chi connectivity index (χ3n) is 2.77. The molecule has 0 amide bonds. The molecule has 1 aromatic heterocycles. The summed E-state index contributed by atoms with van der Waals surface area (Å²) >= 11 is 0. The Hall–Kier alpha value is -2.36. The lowest BCUT2D eigenvalue weighted by molar-refractivity contribution is 0.474. The lowest BCUT2D eigenvalue weighted by Gasteiger charge is -2.08. The molecule has 98 valence electrons. The molecule has 0 fully saturated rings. The zero-order valence-electron chi connectivity index (χ0n) is 11.1. The van der Waals surface area contributed by atoms with E-state index in [9.17, 15) is 5.11 Å². The van der Waals surface area contributed by atoms with Crippen LogP contribution in [0.5, 0.6) is 5.75 Å². The normalized spacial score (nSPS) is 11.4. The van der Waals surface area contributed by atoms with E-state index < -0.39 is 0 Å². The number of nitrogens with zero attached hydrogens (tertiary/aromatic N) is 2. The fourth-order valence-corrected chi connectivity index (χ4v) is 1.76. The first-order chi connectivity index (χ1) is 9.20. The zero-order valence-corrected chi connectivity index (χ0v) is 11.1. The van der Waals surface area contributed by atoms with Gasteiger partial charge < -0.3 is 5.11 Å². The van der Waals surface area contributed by atoms with Crippen LogP contribution in [-0.2, 0) is 0 Å². The number of hydrazone groups is 1. The number of phenolic OH excluding ortho intramolecular Hbond substituents is 1. The molecule has 0 unspecified atom stereocenters. The Bertz CT molecular complexity index is 579. The van der Waals surface area contributed by atoms with Crippen molar-refractivity contribution in [2.75, 3.05) is 5.43 Å². The monoisotopic (exact) mass is 255 g/mol. The Morgan fingerprint density at radius 1 is 1.32 bits per heavy atom. The molecule has 0 bridgehead atoms. The number of hydrogen-bond acceptors (Lipinski definition) is 4. The van der Waals surface area contributed by atoms with Crippen LogP contribution in [-0.4, -0.2) is 15.8 Å². The van der Waals surface area contributed by atoms with Gasteiger partial charge in [0.1, 0.15) is 11.6 Å². The zero-order chi connectivity index (χ0) is 13.7. The van der Waals surface area contributed by atoms with E-state index in [1.807, 2.05) is 44.2 Å². The first kappa shape index (κ1) is 13.1. The van der Waals surface area contributed by atoms with Crippen molar-refractivity contribution >= 4 is 11.5 Å². The average Bonchev–Trinajstić information content (AvgIpc) is 2.44. The molecule has 4 nitrogen and oxygen atoms in total. The number of benzene rings is 1. The van der Waals surface area contributed by atoms with E-state index in [1.54, 1.807) is 12.3 Å². The number of anilines is 1. The lowest BCUT2D eigenvalue weighted by atomic mass is 10.0. The number of aromatic nitrogens is 1. The Kier molecular flexibility index (Phi) is 4.13. The average molecular weight is 255 g/mol. The number of rotatable bonds is 4. The molecule has 0 saturated carbocycles. The maximum Gasteiger partial charge on any atom is 0.146 e. The second kappa shape index (κ2) is 6.00. The van der Waals surface area contributed by atoms with Crippen molar-refractivity contribution in [1.29, 1.82) is 0 Å². The topological polar surface area (TPSA) is 57.5 Å². The van der Waals surface area contributed by atoms with Crippen molar-refractivity contribution in [2.24, 2.45) is 5.10 Å². The minimum atomic E-state index is 0.244. The van der Waals surface area contributed by atoms with Crippen LogP contribution in [0.15, 0.2) is 47.7 Å². The first-order valence-electron chi connectivity index (χ1n) is 6.24. The second-order valence-electron chi connectivity index (χ2n) is 4.26. The number of aryl methyl sites for hydroxylation is 1. The molecule has 1 aromatic carbocycles. The summed E-state index contributed by atoms with van der Waals surface area (Å²) in [6, 6.07) is 11.1. The van der Waals surface area contributed by atoms with E-state index >= 15 is 0 Å². The molecule has 0 aliphatic rings. The summed E-state index contributed by atoms with van der Waals surface area (Å²) in [6.07, 6.45) is 2.42. The van der Waals surface area contributed by atoms with Crippen molar-refractivity contribution in [3.8, 4) is 5.75 Å². The Labute approximate surface area is 112 Å². The van der Waals surface area contributed by atoms with Crippen LogP contribution in [0.4, 0.5) is 5.82 Å². The molecule has 0 aliphatic carbocycles. The fraction of sp³-hybridized carbons (Fsp3) is 0.200. The maximum absolute atomic E-state index is 9.91. The summed E-state index contributed by atoms with van der Waals surface area (Å²) in [6.45, 7) is 3.99. The number of phenols is 1. The quantitative estimate of drug-likeness (QED) is 0.651. The Morgan fingerprint density at radius 3 is 2.84 bits per heavy atom. The number of pyridine rings is 1. The van der Waals surface area contributed by atoms with Crippen LogP contribution in [0, 0.1) is 6.92 Å². The largest absolute Gasteiger partial charge is 0.507 e. The van der Waals surface area contributed by atoms with Crippen molar-refractivity contribution in [3.63, 3.8) is 0 Å². The predicted molar refractivity (Wildman–Crippen MR) is 77.5 cm³/mol. The maximum atomic E-state index is 9.91. The van der Waals surface area contributed by atoms with Gasteiger partial charge in [0.05, 0.1) is 5.71 Å². The Morgan fingerprint density at radius 2 is 2.16 bits per heavy atom. The molecule has 2 aromatic rings. The minimum Gasteiger partial charge on any atom is -0.507 e. The highest BCUT2D eigenvalue weighted by Crippen LogP contribution is 2.20. The summed E-state index contributed by atoms with van der Waals surface area (Å²) in [7, 11) is 0. The summed E-state index contributed by atoms with van der Waals surface area (Å²) in [5.74, 6) is 0.926. The van der Waals surface area contributed by atoms with Crippen LogP contribution >= 0.6 is 0 Å². The van der Waals surface area contributed by atoms with Crippen molar-refractivity contribution in [2.45, 2.75) is 20.3 Å². The van der Waals surface area contributed by atoms with Crippen molar-refractivity contribution in [1.82, 2.24) is 4.98 Å². The van der Waals surface area contributed by atoms with Crippen LogP contribution in [0.25, 0.3) is 0 Å². The smallest absolute Gasteiger partial charge is 0.146 e. The highest BCUT2D eigenvalue weighted by atomic mass is 16.3. The summed E-state index contributed by atoms with van der Waals surface area (Å²) in [4.78, 5) is 4.14. The number of hydrogen-bond donors (Lipinski definition) is 2. The fourth-order valence-electron chi connectivity index (χ4n) is 1.76. The van der Waals surface area contributed by atoms with Gasteiger partial charge in [0.15, 0.2) is 0 Å². The molecule has 2 rings (SSSR count). The molecule has 4 heteroatoms. The van der Waals surface area contributed by atoms with Crippen LogP contribution in [0.2, 0.25) is 0 Å². The van der Waals surface area contributed by atoms with Crippen molar-refractivity contribution < 1.29 is 5.11 Å². The van der Waals surface area contributed by atoms with E-state index in [4.69, 9.17) is 0 Å². The van der Waals surface area contributed by atoms with Gasteiger partial charge in [-0.1, -0.05) is 24.6 Å². The molecule has 0 aliphatic heterocycles. The first-order valence-corrected chi connectivity index (χ1v) is 6.24. The molecule has 0 saturated heterocycles. The standard InChI is InChI=1S/C15H17N3O/c1-3-13(12-10-11(2)7-8-14(12)19)17-18-15-6-4-5-9-16-15/h4-10,19H,3H2,1-2H3,(H,16,18)/b17-13+. The number of nitrogens with one attached hydrogen (secondary N) is 1. The van der Waals surface area contributed by atoms with Gasteiger partial charge in [0, 0.05) is 11.8 Å². The van der Waals surface area contributed by atoms with Gasteiger partial charge in [-0.3, -0.25) is 5.43 Å². The molecule has 2 N–H and O–H groups in total. The predicted octanol–water partition coefficient (Wildman–Crippen LogP) is 3.32. The van der Waals surface area contributed by atoms with E-state index in [0.29, 0.717) is 5.82 Å². The van der Waals surface area contributed by atoms with E-state index in [1.165, 1.54) is 0 Å². The van der Waals surface area contributed by atoms with Gasteiger partial charge in [-0.15, -0.1) is 0 Å². The molecule has 1 heterocycles. The third kappa shape index (κ3) is 3.31. The lowest BCUT2D eigenvalue weighted by Crippen LogP contribution is -2.04. The highest BCUT2D eigenvalue weighted by Gasteiger charge is 2.07. The van der Waals surface area contributed by atoms with Crippen molar-refractivity contribution in [3.05, 3.63) is 53.7 Å². The molecular formula is C15H17N3O. The van der Waals surface area contributed by atoms with Gasteiger partial charge >= 0.3 is 0 Å². The summed E-state index contributed by atoms with van der Waals surface area (Å²) in [5.41, 5.74) is 5.55. The van der Waals surface area contributed by atoms with Gasteiger partial charge in [-0.25, -0.2) is 4.98 Å². The molecule has 0 atom stereocenters. The molecule has 0 radical (unpaired) electrons. The van der Waals surface area contributed by atoms with Crippen LogP contribution in [0.3, 0.4) is 0 Å². The number of aromatic hydroxyl groups is 1. The van der Waals surface area contributed by atoms with Gasteiger partial charge in [0.25, 0.3) is 0 Å². The van der Waals surface area contributed by atoms with E-state index in [-0.39, 0.29) is 5.75 Å². The molecule has 0 spiro atoms. The molecular weight excluding hydrogens is 238 g/mol. The van der Waals surface area contributed by atoms with E-state index in [0.717, 1.165) is 23.3 Å².